The van der Waals surface area contributed by atoms with Crippen molar-refractivity contribution >= 4 is 60.1 Å². The van der Waals surface area contributed by atoms with Crippen LogP contribution in [0.2, 0.25) is 0 Å². The highest BCUT2D eigenvalue weighted by atomic mass is 79.9. The minimum Gasteiger partial charge on any atom is -0.330 e. The molecular formula is C15H15BrClN3S. The number of hydrogen-bond donors (Lipinski definition) is 0. The molecule has 1 aliphatic carbocycles. The molecule has 21 heavy (non-hydrogen) atoms. The largest absolute Gasteiger partial charge is 0.330 e. The number of aryl methyl sites for hydroxylation is 2. The van der Waals surface area contributed by atoms with Gasteiger partial charge in [-0.05, 0) is 41.3 Å². The van der Waals surface area contributed by atoms with E-state index in [-0.39, 0.29) is 0 Å². The van der Waals surface area contributed by atoms with E-state index in [2.05, 4.69) is 33.6 Å². The summed E-state index contributed by atoms with van der Waals surface area (Å²) in [6.07, 6.45) is 4.37. The molecule has 4 rings (SSSR count). The van der Waals surface area contributed by atoms with Crippen LogP contribution in [0.3, 0.4) is 0 Å². The van der Waals surface area contributed by atoms with Gasteiger partial charge in [0, 0.05) is 25.3 Å². The maximum atomic E-state index is 5.84. The van der Waals surface area contributed by atoms with Gasteiger partial charge in [0.15, 0.2) is 0 Å². The summed E-state index contributed by atoms with van der Waals surface area (Å²) in [7, 11) is 2.11. The van der Waals surface area contributed by atoms with Gasteiger partial charge in [0.1, 0.15) is 11.3 Å². The molecule has 110 valence electrons. The van der Waals surface area contributed by atoms with Crippen LogP contribution < -0.4 is 0 Å². The average Bonchev–Trinajstić information content (AvgIpc) is 3.16. The van der Waals surface area contributed by atoms with Crippen molar-refractivity contribution in [3.05, 3.63) is 21.4 Å². The Labute approximate surface area is 140 Å². The summed E-state index contributed by atoms with van der Waals surface area (Å²) in [5.41, 5.74) is 4.62. The first-order valence-corrected chi connectivity index (χ1v) is 9.33. The van der Waals surface area contributed by atoms with Crippen molar-refractivity contribution in [1.82, 2.24) is 14.5 Å². The summed E-state index contributed by atoms with van der Waals surface area (Å²) in [5.74, 6) is 2.40. The van der Waals surface area contributed by atoms with Crippen LogP contribution in [-0.4, -0.2) is 20.4 Å². The van der Waals surface area contributed by atoms with E-state index in [1.807, 2.05) is 0 Å². The van der Waals surface area contributed by atoms with E-state index in [0.29, 0.717) is 11.8 Å². The molecule has 0 aromatic carbocycles. The van der Waals surface area contributed by atoms with Crippen molar-refractivity contribution < 1.29 is 0 Å². The SMILES string of the molecule is Cn1c(CCCCl)nc2c(C3CC3)nc3cc(Br)sc3c21. The molecule has 1 fully saturated rings. The van der Waals surface area contributed by atoms with Gasteiger partial charge in [-0.3, -0.25) is 0 Å². The van der Waals surface area contributed by atoms with E-state index in [4.69, 9.17) is 21.6 Å². The number of imidazole rings is 1. The Balaban J connectivity index is 2.02. The number of rotatable bonds is 4. The van der Waals surface area contributed by atoms with Gasteiger partial charge in [0.2, 0.25) is 0 Å². The van der Waals surface area contributed by atoms with Crippen LogP contribution in [0.15, 0.2) is 9.85 Å². The molecule has 1 saturated carbocycles. The van der Waals surface area contributed by atoms with Crippen LogP contribution in [0.1, 0.15) is 36.7 Å². The van der Waals surface area contributed by atoms with Gasteiger partial charge in [-0.25, -0.2) is 9.97 Å². The molecular weight excluding hydrogens is 370 g/mol. The van der Waals surface area contributed by atoms with Gasteiger partial charge in [-0.1, -0.05) is 0 Å². The number of aromatic nitrogens is 3. The lowest BCUT2D eigenvalue weighted by molar-refractivity contribution is 0.776. The highest BCUT2D eigenvalue weighted by molar-refractivity contribution is 9.11. The number of nitrogens with zero attached hydrogens (tertiary/aromatic N) is 3. The third-order valence-electron chi connectivity index (χ3n) is 4.07. The van der Waals surface area contributed by atoms with Crippen molar-refractivity contribution in [3.63, 3.8) is 0 Å². The van der Waals surface area contributed by atoms with Crippen LogP contribution in [0, 0.1) is 0 Å². The second kappa shape index (κ2) is 5.21. The van der Waals surface area contributed by atoms with Gasteiger partial charge >= 0.3 is 0 Å². The molecule has 0 bridgehead atoms. The predicted octanol–water partition coefficient (Wildman–Crippen LogP) is 4.99. The highest BCUT2D eigenvalue weighted by Crippen LogP contribution is 2.45. The van der Waals surface area contributed by atoms with E-state index in [1.54, 1.807) is 11.3 Å². The Hall–Kier alpha value is -0.650. The normalized spacial score (nSPS) is 15.4. The van der Waals surface area contributed by atoms with E-state index < -0.39 is 0 Å². The van der Waals surface area contributed by atoms with Crippen LogP contribution in [0.25, 0.3) is 21.3 Å². The highest BCUT2D eigenvalue weighted by Gasteiger charge is 2.30. The van der Waals surface area contributed by atoms with E-state index in [9.17, 15) is 0 Å². The van der Waals surface area contributed by atoms with Gasteiger partial charge in [-0.15, -0.1) is 22.9 Å². The third kappa shape index (κ3) is 2.30. The second-order valence-electron chi connectivity index (χ2n) is 5.61. The number of alkyl halides is 1. The number of thiophene rings is 1. The molecule has 0 unspecified atom stereocenters. The van der Waals surface area contributed by atoms with Gasteiger partial charge in [0.25, 0.3) is 0 Å². The zero-order valence-electron chi connectivity index (χ0n) is 11.7. The molecule has 1 aliphatic rings. The molecule has 0 aliphatic heterocycles. The van der Waals surface area contributed by atoms with E-state index in [1.165, 1.54) is 28.8 Å². The second-order valence-corrected chi connectivity index (χ2v) is 8.42. The quantitative estimate of drug-likeness (QED) is 0.593. The first kappa shape index (κ1) is 14.0. The van der Waals surface area contributed by atoms with E-state index >= 15 is 0 Å². The number of fused-ring (bicyclic) bond motifs is 3. The number of pyridine rings is 1. The lowest BCUT2D eigenvalue weighted by atomic mass is 10.2. The minimum atomic E-state index is 0.603. The Morgan fingerprint density at radius 2 is 2.24 bits per heavy atom. The van der Waals surface area contributed by atoms with Crippen LogP contribution in [-0.2, 0) is 13.5 Å². The first-order chi connectivity index (χ1) is 10.2. The molecule has 0 radical (unpaired) electrons. The Morgan fingerprint density at radius 1 is 1.43 bits per heavy atom. The predicted molar refractivity (Wildman–Crippen MR) is 92.6 cm³/mol. The van der Waals surface area contributed by atoms with Crippen LogP contribution in [0.5, 0.6) is 0 Å². The molecule has 0 amide bonds. The number of hydrogen-bond acceptors (Lipinski definition) is 3. The fourth-order valence-corrected chi connectivity index (χ4v) is 4.60. The zero-order valence-corrected chi connectivity index (χ0v) is 14.9. The molecule has 6 heteroatoms. The van der Waals surface area contributed by atoms with E-state index in [0.717, 1.165) is 33.5 Å². The maximum Gasteiger partial charge on any atom is 0.112 e. The van der Waals surface area contributed by atoms with Crippen LogP contribution in [0.4, 0.5) is 0 Å². The molecule has 3 heterocycles. The molecule has 3 aromatic heterocycles. The van der Waals surface area contributed by atoms with Crippen molar-refractivity contribution in [2.45, 2.75) is 31.6 Å². The zero-order chi connectivity index (χ0) is 14.6. The summed E-state index contributed by atoms with van der Waals surface area (Å²) < 4.78 is 4.59. The molecule has 3 nitrogen and oxygen atoms in total. The maximum absolute atomic E-state index is 5.84. The Bertz CT molecular complexity index is 835. The summed E-state index contributed by atoms with van der Waals surface area (Å²) in [4.78, 5) is 9.80. The molecule has 0 spiro atoms. The monoisotopic (exact) mass is 383 g/mol. The lowest BCUT2D eigenvalue weighted by Gasteiger charge is -2.03. The minimum absolute atomic E-state index is 0.603. The standard InChI is InChI=1S/C15H15BrClN3S/c1-20-11(3-2-6-17)19-13-12(8-4-5-8)18-9-7-10(16)21-15(9)14(13)20/h7-8H,2-6H2,1H3. The fraction of sp³-hybridized carbons (Fsp3) is 0.467. The van der Waals surface area contributed by atoms with Gasteiger partial charge < -0.3 is 4.57 Å². The number of halogens is 2. The fourth-order valence-electron chi connectivity index (χ4n) is 2.86. The molecule has 0 N–H and O–H groups in total. The third-order valence-corrected chi connectivity index (χ3v) is 5.97. The topological polar surface area (TPSA) is 30.7 Å². The van der Waals surface area contributed by atoms with Gasteiger partial charge in [0.05, 0.1) is 25.2 Å². The van der Waals surface area contributed by atoms with Gasteiger partial charge in [-0.2, -0.15) is 0 Å². The van der Waals surface area contributed by atoms with Crippen molar-refractivity contribution in [1.29, 1.82) is 0 Å². The Kier molecular flexibility index (Phi) is 3.47. The van der Waals surface area contributed by atoms with Crippen LogP contribution >= 0.6 is 38.9 Å². The smallest absolute Gasteiger partial charge is 0.112 e. The van der Waals surface area contributed by atoms with Crippen molar-refractivity contribution in [2.24, 2.45) is 7.05 Å². The molecule has 3 aromatic rings. The van der Waals surface area contributed by atoms with Crippen molar-refractivity contribution in [3.8, 4) is 0 Å². The summed E-state index contributed by atoms with van der Waals surface area (Å²) >= 11 is 11.2. The lowest BCUT2D eigenvalue weighted by Crippen LogP contribution is -1.98. The van der Waals surface area contributed by atoms with Crippen molar-refractivity contribution in [2.75, 3.05) is 5.88 Å². The first-order valence-electron chi connectivity index (χ1n) is 7.19. The average molecular weight is 385 g/mol. The molecule has 0 atom stereocenters. The Morgan fingerprint density at radius 3 is 2.95 bits per heavy atom. The summed E-state index contributed by atoms with van der Waals surface area (Å²) in [6, 6.07) is 2.12. The summed E-state index contributed by atoms with van der Waals surface area (Å²) in [5, 5.41) is 0. The summed E-state index contributed by atoms with van der Waals surface area (Å²) in [6.45, 7) is 0. The molecule has 0 saturated heterocycles.